The Kier molecular flexibility index (Phi) is 3.97. The van der Waals surface area contributed by atoms with Gasteiger partial charge in [-0.1, -0.05) is 49.4 Å². The molecule has 1 fully saturated rings. The molecule has 0 atom stereocenters. The van der Waals surface area contributed by atoms with Crippen molar-refractivity contribution < 1.29 is 0 Å². The largest absolute Gasteiger partial charge is 0.384 e. The monoisotopic (exact) mass is 289 g/mol. The topological polar surface area (TPSA) is 43.8 Å². The van der Waals surface area contributed by atoms with Gasteiger partial charge in [0.05, 0.1) is 11.7 Å². The first-order valence-corrected chi connectivity index (χ1v) is 7.73. The molecule has 0 radical (unpaired) electrons. The highest BCUT2D eigenvalue weighted by Gasteiger charge is 2.18. The van der Waals surface area contributed by atoms with Crippen LogP contribution in [0.3, 0.4) is 0 Å². The highest BCUT2D eigenvalue weighted by molar-refractivity contribution is 6.30. The van der Waals surface area contributed by atoms with Gasteiger partial charge in [0.25, 0.3) is 0 Å². The highest BCUT2D eigenvalue weighted by atomic mass is 35.5. The van der Waals surface area contributed by atoms with Crippen molar-refractivity contribution in [1.82, 2.24) is 9.78 Å². The van der Waals surface area contributed by atoms with E-state index in [0.29, 0.717) is 6.04 Å². The molecule has 1 saturated carbocycles. The molecule has 0 bridgehead atoms. The number of aromatic nitrogens is 2. The van der Waals surface area contributed by atoms with Crippen LogP contribution in [0.5, 0.6) is 0 Å². The van der Waals surface area contributed by atoms with E-state index >= 15 is 0 Å². The SMILES string of the molecule is Nc1cc(-c2ccc(Cl)cc2)nn1C1CCCCCC1. The van der Waals surface area contributed by atoms with Crippen LogP contribution in [0.15, 0.2) is 30.3 Å². The molecule has 0 spiro atoms. The maximum Gasteiger partial charge on any atom is 0.122 e. The van der Waals surface area contributed by atoms with E-state index in [9.17, 15) is 0 Å². The minimum Gasteiger partial charge on any atom is -0.384 e. The summed E-state index contributed by atoms with van der Waals surface area (Å²) in [6.45, 7) is 0. The Morgan fingerprint density at radius 1 is 1.05 bits per heavy atom. The Balaban J connectivity index is 1.88. The average Bonchev–Trinajstić information content (AvgIpc) is 2.67. The maximum atomic E-state index is 6.16. The molecular formula is C16H20ClN3. The van der Waals surface area contributed by atoms with Crippen molar-refractivity contribution in [3.63, 3.8) is 0 Å². The molecule has 20 heavy (non-hydrogen) atoms. The molecule has 3 rings (SSSR count). The van der Waals surface area contributed by atoms with Gasteiger partial charge in [0.2, 0.25) is 0 Å². The van der Waals surface area contributed by atoms with Gasteiger partial charge in [-0.2, -0.15) is 5.10 Å². The van der Waals surface area contributed by atoms with Crippen LogP contribution >= 0.6 is 11.6 Å². The van der Waals surface area contributed by atoms with E-state index in [1.807, 2.05) is 35.0 Å². The third kappa shape index (κ3) is 2.83. The van der Waals surface area contributed by atoms with Gasteiger partial charge < -0.3 is 5.73 Å². The van der Waals surface area contributed by atoms with Gasteiger partial charge in [0, 0.05) is 16.7 Å². The predicted octanol–water partition coefficient (Wildman–Crippen LogP) is 4.68. The van der Waals surface area contributed by atoms with Gasteiger partial charge in [-0.15, -0.1) is 0 Å². The zero-order valence-corrected chi connectivity index (χ0v) is 12.3. The van der Waals surface area contributed by atoms with Crippen LogP contribution in [0.2, 0.25) is 5.02 Å². The lowest BCUT2D eigenvalue weighted by atomic mass is 10.1. The van der Waals surface area contributed by atoms with Crippen LogP contribution in [0.4, 0.5) is 5.82 Å². The van der Waals surface area contributed by atoms with E-state index in [4.69, 9.17) is 22.4 Å². The van der Waals surface area contributed by atoms with Crippen LogP contribution < -0.4 is 5.73 Å². The van der Waals surface area contributed by atoms with Gasteiger partial charge >= 0.3 is 0 Å². The molecule has 0 saturated heterocycles. The summed E-state index contributed by atoms with van der Waals surface area (Å²) in [6, 6.07) is 10.2. The van der Waals surface area contributed by atoms with Crippen molar-refractivity contribution in [2.75, 3.05) is 5.73 Å². The summed E-state index contributed by atoms with van der Waals surface area (Å²) < 4.78 is 2.02. The normalized spacial score (nSPS) is 17.1. The van der Waals surface area contributed by atoms with E-state index in [-0.39, 0.29) is 0 Å². The lowest BCUT2D eigenvalue weighted by molar-refractivity contribution is 0.412. The fourth-order valence-corrected chi connectivity index (χ4v) is 3.09. The van der Waals surface area contributed by atoms with Crippen molar-refractivity contribution in [3.8, 4) is 11.3 Å². The Hall–Kier alpha value is -1.48. The molecule has 0 amide bonds. The van der Waals surface area contributed by atoms with E-state index in [1.165, 1.54) is 38.5 Å². The number of hydrogen-bond donors (Lipinski definition) is 1. The first-order chi connectivity index (χ1) is 9.74. The summed E-state index contributed by atoms with van der Waals surface area (Å²) in [4.78, 5) is 0. The Labute approximate surface area is 124 Å². The molecular weight excluding hydrogens is 270 g/mol. The summed E-state index contributed by atoms with van der Waals surface area (Å²) in [6.07, 6.45) is 7.60. The van der Waals surface area contributed by atoms with Crippen LogP contribution in [-0.4, -0.2) is 9.78 Å². The Bertz CT molecular complexity index is 566. The number of nitrogens with zero attached hydrogens (tertiary/aromatic N) is 2. The summed E-state index contributed by atoms with van der Waals surface area (Å²) in [5, 5.41) is 5.46. The Morgan fingerprint density at radius 3 is 2.35 bits per heavy atom. The molecule has 1 aliphatic carbocycles. The van der Waals surface area contributed by atoms with Crippen LogP contribution in [0, 0.1) is 0 Å². The summed E-state index contributed by atoms with van der Waals surface area (Å²) >= 11 is 5.93. The van der Waals surface area contributed by atoms with Gasteiger partial charge in [0.15, 0.2) is 0 Å². The highest BCUT2D eigenvalue weighted by Crippen LogP contribution is 2.31. The third-order valence-corrected chi connectivity index (χ3v) is 4.33. The summed E-state index contributed by atoms with van der Waals surface area (Å²) in [5.74, 6) is 0.766. The van der Waals surface area contributed by atoms with Gasteiger partial charge in [-0.3, -0.25) is 0 Å². The van der Waals surface area contributed by atoms with Crippen molar-refractivity contribution in [3.05, 3.63) is 35.4 Å². The minimum absolute atomic E-state index is 0.457. The number of halogens is 1. The van der Waals surface area contributed by atoms with Crippen molar-refractivity contribution in [2.24, 2.45) is 0 Å². The zero-order chi connectivity index (χ0) is 13.9. The minimum atomic E-state index is 0.457. The Morgan fingerprint density at radius 2 is 1.70 bits per heavy atom. The fourth-order valence-electron chi connectivity index (χ4n) is 2.97. The molecule has 1 aromatic heterocycles. The number of hydrogen-bond acceptors (Lipinski definition) is 2. The van der Waals surface area contributed by atoms with Gasteiger partial charge in [0.1, 0.15) is 5.82 Å². The smallest absolute Gasteiger partial charge is 0.122 e. The number of anilines is 1. The number of nitrogens with two attached hydrogens (primary N) is 1. The third-order valence-electron chi connectivity index (χ3n) is 4.08. The number of nitrogen functional groups attached to an aromatic ring is 1. The molecule has 0 aliphatic heterocycles. The molecule has 2 aromatic rings. The van der Waals surface area contributed by atoms with E-state index in [2.05, 4.69) is 0 Å². The predicted molar refractivity (Wildman–Crippen MR) is 83.8 cm³/mol. The standard InChI is InChI=1S/C16H20ClN3/c17-13-9-7-12(8-10-13)15-11-16(18)20(19-15)14-5-3-1-2-4-6-14/h7-11,14H,1-6,18H2. The average molecular weight is 290 g/mol. The number of benzene rings is 1. The van der Waals surface area contributed by atoms with E-state index in [0.717, 1.165) is 22.1 Å². The van der Waals surface area contributed by atoms with E-state index in [1.54, 1.807) is 0 Å². The molecule has 0 unspecified atom stereocenters. The molecule has 3 nitrogen and oxygen atoms in total. The van der Waals surface area contributed by atoms with E-state index < -0.39 is 0 Å². The first kappa shape index (κ1) is 13.5. The lowest BCUT2D eigenvalue weighted by Gasteiger charge is -2.16. The second-order valence-electron chi connectivity index (χ2n) is 5.55. The molecule has 2 N–H and O–H groups in total. The lowest BCUT2D eigenvalue weighted by Crippen LogP contribution is -2.12. The zero-order valence-electron chi connectivity index (χ0n) is 11.6. The van der Waals surface area contributed by atoms with Crippen LogP contribution in [0.25, 0.3) is 11.3 Å². The van der Waals surface area contributed by atoms with Crippen molar-refractivity contribution in [1.29, 1.82) is 0 Å². The van der Waals surface area contributed by atoms with Crippen molar-refractivity contribution >= 4 is 17.4 Å². The molecule has 1 heterocycles. The first-order valence-electron chi connectivity index (χ1n) is 7.35. The van der Waals surface area contributed by atoms with Crippen molar-refractivity contribution in [2.45, 2.75) is 44.6 Å². The van der Waals surface area contributed by atoms with Gasteiger partial charge in [-0.05, 0) is 25.0 Å². The molecule has 4 heteroatoms. The quantitative estimate of drug-likeness (QED) is 0.816. The second-order valence-corrected chi connectivity index (χ2v) is 5.99. The maximum absolute atomic E-state index is 6.16. The molecule has 106 valence electrons. The fraction of sp³-hybridized carbons (Fsp3) is 0.438. The van der Waals surface area contributed by atoms with Crippen LogP contribution in [-0.2, 0) is 0 Å². The molecule has 1 aliphatic rings. The summed E-state index contributed by atoms with van der Waals surface area (Å²) in [5.41, 5.74) is 8.16. The summed E-state index contributed by atoms with van der Waals surface area (Å²) in [7, 11) is 0. The molecule has 1 aromatic carbocycles. The number of rotatable bonds is 2. The second kappa shape index (κ2) is 5.88. The van der Waals surface area contributed by atoms with Gasteiger partial charge in [-0.25, -0.2) is 4.68 Å². The van der Waals surface area contributed by atoms with Crippen LogP contribution in [0.1, 0.15) is 44.6 Å².